The summed E-state index contributed by atoms with van der Waals surface area (Å²) in [5.74, 6) is 0.609. The van der Waals surface area contributed by atoms with E-state index in [0.717, 1.165) is 39.3 Å². The molecule has 1 fully saturated rings. The average Bonchev–Trinajstić information content (AvgIpc) is 2.52. The molecule has 9 nitrogen and oxygen atoms in total. The quantitative estimate of drug-likeness (QED) is 0.427. The van der Waals surface area contributed by atoms with Crippen LogP contribution in [0.5, 0.6) is 0 Å². The van der Waals surface area contributed by atoms with Gasteiger partial charge in [-0.05, 0) is 13.0 Å². The number of ether oxygens (including phenoxy) is 1. The number of nitro groups is 1. The molecule has 0 aromatic carbocycles. The molecular formula is C12H20N6O3. The van der Waals surface area contributed by atoms with E-state index in [0.29, 0.717) is 12.5 Å². The SMILES string of the molecule is CNc1ncc([N+](=O)[O-])c(NCCCN2CCOCC2)n1. The number of hydrogen-bond donors (Lipinski definition) is 2. The van der Waals surface area contributed by atoms with Crippen molar-refractivity contribution in [2.45, 2.75) is 6.42 Å². The number of nitrogens with zero attached hydrogens (tertiary/aromatic N) is 4. The standard InChI is InChI=1S/C12H20N6O3/c1-13-12-15-9-10(18(19)20)11(16-12)14-3-2-4-17-5-7-21-8-6-17/h9H,2-8H2,1H3,(H2,13,14,15,16). The highest BCUT2D eigenvalue weighted by atomic mass is 16.6. The summed E-state index contributed by atoms with van der Waals surface area (Å²) in [4.78, 5) is 20.7. The fraction of sp³-hybridized carbons (Fsp3) is 0.667. The van der Waals surface area contributed by atoms with Crippen molar-refractivity contribution in [1.29, 1.82) is 0 Å². The topological polar surface area (TPSA) is 105 Å². The Hall–Kier alpha value is -2.00. The van der Waals surface area contributed by atoms with Crippen molar-refractivity contribution in [3.63, 3.8) is 0 Å². The van der Waals surface area contributed by atoms with Crippen molar-refractivity contribution in [1.82, 2.24) is 14.9 Å². The van der Waals surface area contributed by atoms with Crippen molar-refractivity contribution in [3.05, 3.63) is 16.3 Å². The van der Waals surface area contributed by atoms with E-state index in [2.05, 4.69) is 25.5 Å². The third-order valence-electron chi connectivity index (χ3n) is 3.24. The highest BCUT2D eigenvalue weighted by Gasteiger charge is 2.17. The number of morpholine rings is 1. The van der Waals surface area contributed by atoms with E-state index in [-0.39, 0.29) is 11.5 Å². The van der Waals surface area contributed by atoms with Crippen molar-refractivity contribution < 1.29 is 9.66 Å². The van der Waals surface area contributed by atoms with Crippen molar-refractivity contribution >= 4 is 17.5 Å². The second-order valence-corrected chi connectivity index (χ2v) is 4.67. The van der Waals surface area contributed by atoms with Gasteiger partial charge in [-0.25, -0.2) is 4.98 Å². The summed E-state index contributed by atoms with van der Waals surface area (Å²) in [6, 6.07) is 0. The predicted octanol–water partition coefficient (Wildman–Crippen LogP) is 0.561. The monoisotopic (exact) mass is 296 g/mol. The van der Waals surface area contributed by atoms with Crippen LogP contribution in [-0.2, 0) is 4.74 Å². The molecule has 0 amide bonds. The molecule has 2 heterocycles. The number of anilines is 2. The average molecular weight is 296 g/mol. The molecule has 116 valence electrons. The molecule has 1 saturated heterocycles. The molecule has 1 aliphatic rings. The van der Waals surface area contributed by atoms with Gasteiger partial charge < -0.3 is 15.4 Å². The lowest BCUT2D eigenvalue weighted by Crippen LogP contribution is -2.37. The van der Waals surface area contributed by atoms with Gasteiger partial charge in [0.25, 0.3) is 0 Å². The zero-order valence-electron chi connectivity index (χ0n) is 12.0. The van der Waals surface area contributed by atoms with Crippen LogP contribution in [0.1, 0.15) is 6.42 Å². The molecule has 0 radical (unpaired) electrons. The maximum absolute atomic E-state index is 10.9. The summed E-state index contributed by atoms with van der Waals surface area (Å²) in [7, 11) is 1.67. The molecule has 2 N–H and O–H groups in total. The van der Waals surface area contributed by atoms with E-state index in [1.165, 1.54) is 6.20 Å². The van der Waals surface area contributed by atoms with Crippen LogP contribution in [0.4, 0.5) is 17.5 Å². The second kappa shape index (κ2) is 7.70. The number of rotatable bonds is 7. The zero-order chi connectivity index (χ0) is 15.1. The van der Waals surface area contributed by atoms with Gasteiger partial charge >= 0.3 is 5.69 Å². The largest absolute Gasteiger partial charge is 0.379 e. The molecule has 0 bridgehead atoms. The van der Waals surface area contributed by atoms with Gasteiger partial charge in [0.1, 0.15) is 6.20 Å². The molecule has 2 rings (SSSR count). The van der Waals surface area contributed by atoms with Crippen LogP contribution >= 0.6 is 0 Å². The van der Waals surface area contributed by atoms with Crippen LogP contribution in [0, 0.1) is 10.1 Å². The summed E-state index contributed by atoms with van der Waals surface area (Å²) < 4.78 is 5.29. The first-order valence-electron chi connectivity index (χ1n) is 6.94. The Morgan fingerprint density at radius 2 is 2.24 bits per heavy atom. The van der Waals surface area contributed by atoms with Gasteiger partial charge in [0, 0.05) is 26.7 Å². The normalized spacial score (nSPS) is 15.7. The molecule has 1 aromatic heterocycles. The van der Waals surface area contributed by atoms with Gasteiger partial charge in [0.15, 0.2) is 0 Å². The summed E-state index contributed by atoms with van der Waals surface area (Å²) in [5.41, 5.74) is -0.111. The first-order chi connectivity index (χ1) is 10.2. The summed E-state index contributed by atoms with van der Waals surface area (Å²) in [6.45, 7) is 4.99. The van der Waals surface area contributed by atoms with Crippen LogP contribution in [0.3, 0.4) is 0 Å². The number of nitrogens with one attached hydrogen (secondary N) is 2. The number of aromatic nitrogens is 2. The van der Waals surface area contributed by atoms with E-state index >= 15 is 0 Å². The number of hydrogen-bond acceptors (Lipinski definition) is 8. The van der Waals surface area contributed by atoms with E-state index in [9.17, 15) is 10.1 Å². The van der Waals surface area contributed by atoms with E-state index in [4.69, 9.17) is 4.74 Å². The molecule has 0 unspecified atom stereocenters. The van der Waals surface area contributed by atoms with Crippen LogP contribution in [0.2, 0.25) is 0 Å². The molecule has 0 aliphatic carbocycles. The molecular weight excluding hydrogens is 276 g/mol. The van der Waals surface area contributed by atoms with Gasteiger partial charge in [0.05, 0.1) is 18.1 Å². The molecule has 1 aromatic rings. The lowest BCUT2D eigenvalue weighted by Gasteiger charge is -2.26. The van der Waals surface area contributed by atoms with Crippen LogP contribution in [0.25, 0.3) is 0 Å². The first kappa shape index (κ1) is 15.4. The molecule has 0 saturated carbocycles. The van der Waals surface area contributed by atoms with E-state index in [1.807, 2.05) is 0 Å². The summed E-state index contributed by atoms with van der Waals surface area (Å²) in [6.07, 6.45) is 2.10. The van der Waals surface area contributed by atoms with E-state index in [1.54, 1.807) is 7.05 Å². The van der Waals surface area contributed by atoms with Crippen LogP contribution in [-0.4, -0.2) is 66.2 Å². The summed E-state index contributed by atoms with van der Waals surface area (Å²) in [5, 5.41) is 16.7. The lowest BCUT2D eigenvalue weighted by molar-refractivity contribution is -0.384. The molecule has 0 atom stereocenters. The minimum atomic E-state index is -0.482. The second-order valence-electron chi connectivity index (χ2n) is 4.67. The third-order valence-corrected chi connectivity index (χ3v) is 3.24. The maximum Gasteiger partial charge on any atom is 0.329 e. The lowest BCUT2D eigenvalue weighted by atomic mass is 10.3. The third kappa shape index (κ3) is 4.50. The van der Waals surface area contributed by atoms with Crippen molar-refractivity contribution in [2.75, 3.05) is 57.1 Å². The Morgan fingerprint density at radius 3 is 2.90 bits per heavy atom. The minimum absolute atomic E-state index is 0.111. The highest BCUT2D eigenvalue weighted by Crippen LogP contribution is 2.21. The van der Waals surface area contributed by atoms with E-state index < -0.39 is 4.92 Å². The van der Waals surface area contributed by atoms with Gasteiger partial charge in [-0.15, -0.1) is 0 Å². The smallest absolute Gasteiger partial charge is 0.329 e. The Labute approximate surface area is 122 Å². The molecule has 1 aliphatic heterocycles. The highest BCUT2D eigenvalue weighted by molar-refractivity contribution is 5.56. The van der Waals surface area contributed by atoms with Crippen molar-refractivity contribution in [2.24, 2.45) is 0 Å². The fourth-order valence-electron chi connectivity index (χ4n) is 2.09. The predicted molar refractivity (Wildman–Crippen MR) is 78.6 cm³/mol. The Bertz CT molecular complexity index is 478. The van der Waals surface area contributed by atoms with Crippen molar-refractivity contribution in [3.8, 4) is 0 Å². The van der Waals surface area contributed by atoms with Gasteiger partial charge in [-0.1, -0.05) is 0 Å². The fourth-order valence-corrected chi connectivity index (χ4v) is 2.09. The first-order valence-corrected chi connectivity index (χ1v) is 6.94. The minimum Gasteiger partial charge on any atom is -0.379 e. The Kier molecular flexibility index (Phi) is 5.64. The van der Waals surface area contributed by atoms with Gasteiger partial charge in [-0.3, -0.25) is 15.0 Å². The molecule has 0 spiro atoms. The summed E-state index contributed by atoms with van der Waals surface area (Å²) >= 11 is 0. The van der Waals surface area contributed by atoms with Gasteiger partial charge in [0.2, 0.25) is 11.8 Å². The Balaban J connectivity index is 1.84. The molecule has 9 heteroatoms. The molecule has 21 heavy (non-hydrogen) atoms. The Morgan fingerprint density at radius 1 is 1.48 bits per heavy atom. The zero-order valence-corrected chi connectivity index (χ0v) is 12.0. The maximum atomic E-state index is 10.9. The van der Waals surface area contributed by atoms with Crippen LogP contribution in [0.15, 0.2) is 6.20 Å². The van der Waals surface area contributed by atoms with Crippen LogP contribution < -0.4 is 10.6 Å². The van der Waals surface area contributed by atoms with Gasteiger partial charge in [-0.2, -0.15) is 4.98 Å².